The van der Waals surface area contributed by atoms with Crippen molar-refractivity contribution in [2.45, 2.75) is 24.6 Å². The lowest BCUT2D eigenvalue weighted by Crippen LogP contribution is -2.48. The van der Waals surface area contributed by atoms with Crippen LogP contribution in [-0.4, -0.2) is 51.0 Å². The molecule has 34 heavy (non-hydrogen) atoms. The Labute approximate surface area is 187 Å². The lowest BCUT2D eigenvalue weighted by molar-refractivity contribution is -0.192. The van der Waals surface area contributed by atoms with Gasteiger partial charge in [0.05, 0.1) is 0 Å². The highest BCUT2D eigenvalue weighted by Crippen LogP contribution is 2.32. The molecule has 3 N–H and O–H groups in total. The van der Waals surface area contributed by atoms with Crippen molar-refractivity contribution in [1.82, 2.24) is 14.6 Å². The number of aliphatic carboxylic acids is 1. The number of anilines is 1. The van der Waals surface area contributed by atoms with E-state index < -0.39 is 41.6 Å². The van der Waals surface area contributed by atoms with E-state index in [1.54, 1.807) is 12.1 Å². The zero-order valence-electron chi connectivity index (χ0n) is 17.1. The summed E-state index contributed by atoms with van der Waals surface area (Å²) in [5, 5.41) is 11.5. The average molecular weight is 489 g/mol. The number of halogens is 6. The molecule has 14 heteroatoms. The van der Waals surface area contributed by atoms with E-state index >= 15 is 0 Å². The van der Waals surface area contributed by atoms with E-state index in [2.05, 4.69) is 10.1 Å². The Hall–Kier alpha value is -3.68. The molecule has 0 bridgehead atoms. The molecule has 3 heterocycles. The van der Waals surface area contributed by atoms with E-state index in [-0.39, 0.29) is 11.1 Å². The Morgan fingerprint density at radius 2 is 1.74 bits per heavy atom. The second-order valence-electron chi connectivity index (χ2n) is 7.36. The number of piperidine rings is 1. The van der Waals surface area contributed by atoms with Gasteiger partial charge in [-0.3, -0.25) is 4.79 Å². The minimum atomic E-state index is -5.08. The molecule has 1 aliphatic heterocycles. The van der Waals surface area contributed by atoms with Gasteiger partial charge in [0, 0.05) is 43.4 Å². The smallest absolute Gasteiger partial charge is 0.475 e. The first kappa shape index (κ1) is 25.0. The summed E-state index contributed by atoms with van der Waals surface area (Å²) < 4.78 is 74.0. The van der Waals surface area contributed by atoms with Crippen molar-refractivity contribution in [3.05, 3.63) is 69.9 Å². The van der Waals surface area contributed by atoms with Crippen molar-refractivity contribution >= 4 is 17.4 Å². The Bertz CT molecular complexity index is 1270. The van der Waals surface area contributed by atoms with Gasteiger partial charge in [-0.15, -0.1) is 5.10 Å². The zero-order chi connectivity index (χ0) is 25.2. The molecule has 1 saturated heterocycles. The highest BCUT2D eigenvalue weighted by Gasteiger charge is 2.38. The number of alkyl halides is 3. The SMILES string of the molecule is NC1CN(c2ccc3nc(=O)ccn3n2)CCC1c1cc(F)c(F)cc1F.O=C(O)C(F)(F)F. The van der Waals surface area contributed by atoms with Crippen molar-refractivity contribution in [1.29, 1.82) is 0 Å². The number of aromatic nitrogens is 3. The summed E-state index contributed by atoms with van der Waals surface area (Å²) in [7, 11) is 0. The fraction of sp³-hybridized carbons (Fsp3) is 0.300. The van der Waals surface area contributed by atoms with Gasteiger partial charge in [-0.1, -0.05) is 0 Å². The predicted molar refractivity (Wildman–Crippen MR) is 107 cm³/mol. The summed E-state index contributed by atoms with van der Waals surface area (Å²) in [6.07, 6.45) is -3.09. The van der Waals surface area contributed by atoms with Crippen LogP contribution >= 0.6 is 0 Å². The first-order chi connectivity index (χ1) is 15.9. The van der Waals surface area contributed by atoms with Gasteiger partial charge >= 0.3 is 12.1 Å². The fourth-order valence-electron chi connectivity index (χ4n) is 3.47. The predicted octanol–water partition coefficient (Wildman–Crippen LogP) is 2.46. The molecule has 8 nitrogen and oxygen atoms in total. The normalized spacial score (nSPS) is 18.4. The number of hydrogen-bond donors (Lipinski definition) is 2. The van der Waals surface area contributed by atoms with E-state index in [0.717, 1.165) is 6.07 Å². The number of rotatable bonds is 2. The highest BCUT2D eigenvalue weighted by molar-refractivity contribution is 5.73. The number of carboxylic acid groups (broad SMARTS) is 1. The quantitative estimate of drug-likeness (QED) is 0.420. The van der Waals surface area contributed by atoms with Gasteiger partial charge in [0.1, 0.15) is 11.6 Å². The van der Waals surface area contributed by atoms with Crippen molar-refractivity contribution in [3.63, 3.8) is 0 Å². The molecule has 2 aromatic heterocycles. The Morgan fingerprint density at radius 3 is 2.35 bits per heavy atom. The number of carbonyl (C=O) groups is 1. The molecule has 1 aromatic carbocycles. The first-order valence-corrected chi connectivity index (χ1v) is 9.68. The molecular formula is C20H17F6N5O3. The molecule has 1 aliphatic rings. The molecular weight excluding hydrogens is 472 g/mol. The number of nitrogens with two attached hydrogens (primary N) is 1. The fourth-order valence-corrected chi connectivity index (χ4v) is 3.47. The van der Waals surface area contributed by atoms with Crippen molar-refractivity contribution in [3.8, 4) is 0 Å². The van der Waals surface area contributed by atoms with E-state index in [1.807, 2.05) is 4.90 Å². The first-order valence-electron chi connectivity index (χ1n) is 9.68. The molecule has 0 aliphatic carbocycles. The summed E-state index contributed by atoms with van der Waals surface area (Å²) >= 11 is 0. The maximum Gasteiger partial charge on any atom is 0.490 e. The maximum absolute atomic E-state index is 14.1. The van der Waals surface area contributed by atoms with E-state index in [4.69, 9.17) is 15.6 Å². The van der Waals surface area contributed by atoms with Crippen LogP contribution in [0.2, 0.25) is 0 Å². The maximum atomic E-state index is 14.1. The molecule has 1 fully saturated rings. The van der Waals surface area contributed by atoms with Crippen LogP contribution < -0.4 is 16.2 Å². The van der Waals surface area contributed by atoms with Crippen LogP contribution in [0, 0.1) is 17.5 Å². The second-order valence-corrected chi connectivity index (χ2v) is 7.36. The van der Waals surface area contributed by atoms with E-state index in [0.29, 0.717) is 37.0 Å². The third kappa shape index (κ3) is 5.62. The minimum absolute atomic E-state index is 0.0917. The van der Waals surface area contributed by atoms with Gasteiger partial charge in [-0.05, 0) is 30.2 Å². The summed E-state index contributed by atoms with van der Waals surface area (Å²) in [6, 6.07) is 5.68. The lowest BCUT2D eigenvalue weighted by atomic mass is 9.85. The zero-order valence-corrected chi connectivity index (χ0v) is 17.1. The molecule has 3 aromatic rings. The van der Waals surface area contributed by atoms with Gasteiger partial charge in [-0.2, -0.15) is 18.2 Å². The summed E-state index contributed by atoms with van der Waals surface area (Å²) in [5.41, 5.74) is 6.39. The molecule has 2 atom stereocenters. The van der Waals surface area contributed by atoms with Crippen LogP contribution in [0.15, 0.2) is 41.3 Å². The van der Waals surface area contributed by atoms with Gasteiger partial charge in [0.2, 0.25) is 0 Å². The summed E-state index contributed by atoms with van der Waals surface area (Å²) in [6.45, 7) is 0.887. The Balaban J connectivity index is 0.000000406. The van der Waals surface area contributed by atoms with Gasteiger partial charge in [0.25, 0.3) is 5.56 Å². The monoisotopic (exact) mass is 489 g/mol. The third-order valence-corrected chi connectivity index (χ3v) is 5.07. The number of nitrogens with zero attached hydrogens (tertiary/aromatic N) is 4. The highest BCUT2D eigenvalue weighted by atomic mass is 19.4. The van der Waals surface area contributed by atoms with Crippen molar-refractivity contribution < 1.29 is 36.2 Å². The van der Waals surface area contributed by atoms with Crippen LogP contribution in [0.25, 0.3) is 5.65 Å². The summed E-state index contributed by atoms with van der Waals surface area (Å²) in [5.74, 6) is -5.63. The number of hydrogen-bond acceptors (Lipinski definition) is 6. The van der Waals surface area contributed by atoms with Gasteiger partial charge in [-0.25, -0.2) is 22.5 Å². The van der Waals surface area contributed by atoms with E-state index in [9.17, 15) is 31.1 Å². The van der Waals surface area contributed by atoms with Crippen LogP contribution in [0.5, 0.6) is 0 Å². The van der Waals surface area contributed by atoms with Gasteiger partial charge < -0.3 is 15.7 Å². The minimum Gasteiger partial charge on any atom is -0.475 e. The average Bonchev–Trinajstić information content (AvgIpc) is 2.76. The van der Waals surface area contributed by atoms with Crippen LogP contribution in [0.4, 0.5) is 32.2 Å². The standard InChI is InChI=1S/C18H16F3N5O.C2HF3O2/c19-12-8-14(21)13(20)7-11(12)10-3-5-25(9-15(10)22)17-2-1-16-23-18(27)4-6-26(16)24-17;3-2(4,5)1(6)7/h1-2,4,6-8,10,15H,3,5,9,22H2;(H,6,7). The van der Waals surface area contributed by atoms with Crippen LogP contribution in [-0.2, 0) is 4.79 Å². The molecule has 0 amide bonds. The van der Waals surface area contributed by atoms with Gasteiger partial charge in [0.15, 0.2) is 17.3 Å². The molecule has 0 saturated carbocycles. The third-order valence-electron chi connectivity index (χ3n) is 5.07. The number of fused-ring (bicyclic) bond motifs is 1. The second kappa shape index (κ2) is 9.67. The molecule has 4 rings (SSSR count). The van der Waals surface area contributed by atoms with Crippen LogP contribution in [0.1, 0.15) is 17.9 Å². The van der Waals surface area contributed by atoms with Crippen LogP contribution in [0.3, 0.4) is 0 Å². The molecule has 0 spiro atoms. The Kier molecular flexibility index (Phi) is 7.09. The molecule has 182 valence electrons. The topological polar surface area (TPSA) is 114 Å². The lowest BCUT2D eigenvalue weighted by Gasteiger charge is -2.37. The summed E-state index contributed by atoms with van der Waals surface area (Å²) in [4.78, 5) is 26.0. The largest absolute Gasteiger partial charge is 0.490 e. The van der Waals surface area contributed by atoms with E-state index in [1.165, 1.54) is 16.8 Å². The van der Waals surface area contributed by atoms with Crippen molar-refractivity contribution in [2.24, 2.45) is 5.73 Å². The van der Waals surface area contributed by atoms with Crippen molar-refractivity contribution in [2.75, 3.05) is 18.0 Å². The molecule has 2 unspecified atom stereocenters. The number of carboxylic acids is 1. The molecule has 0 radical (unpaired) electrons. The Morgan fingerprint density at radius 1 is 1.09 bits per heavy atom. The number of benzene rings is 1.